The van der Waals surface area contributed by atoms with Crippen molar-refractivity contribution in [2.24, 2.45) is 5.73 Å². The third-order valence-electron chi connectivity index (χ3n) is 2.10. The van der Waals surface area contributed by atoms with Crippen LogP contribution in [0.5, 0.6) is 0 Å². The number of hydrogen-bond donors (Lipinski definition) is 2. The highest BCUT2D eigenvalue weighted by molar-refractivity contribution is 9.10. The highest BCUT2D eigenvalue weighted by Gasteiger charge is 2.23. The Morgan fingerprint density at radius 3 is 2.80 bits per heavy atom. The summed E-state index contributed by atoms with van der Waals surface area (Å²) in [4.78, 5) is 15.3. The van der Waals surface area contributed by atoms with Gasteiger partial charge in [0.15, 0.2) is 0 Å². The van der Waals surface area contributed by atoms with Gasteiger partial charge in [0.25, 0.3) is 0 Å². The number of carbonyl (C=O) groups is 1. The van der Waals surface area contributed by atoms with Crippen LogP contribution < -0.4 is 11.1 Å². The van der Waals surface area contributed by atoms with Gasteiger partial charge in [-0.3, -0.25) is 10.1 Å². The molecule has 0 atom stereocenters. The van der Waals surface area contributed by atoms with Crippen molar-refractivity contribution in [1.82, 2.24) is 10.3 Å². The first-order valence-corrected chi connectivity index (χ1v) is 5.37. The summed E-state index contributed by atoms with van der Waals surface area (Å²) in [6, 6.07) is 5.63. The van der Waals surface area contributed by atoms with Crippen molar-refractivity contribution in [2.75, 3.05) is 0 Å². The Bertz CT molecular complexity index is 365. The number of nitrogens with one attached hydrogen (secondary N) is 1. The zero-order valence-electron chi connectivity index (χ0n) is 8.75. The Morgan fingerprint density at radius 1 is 1.60 bits per heavy atom. The van der Waals surface area contributed by atoms with Crippen LogP contribution in [0.25, 0.3) is 0 Å². The Kier molecular flexibility index (Phi) is 3.82. The van der Waals surface area contributed by atoms with Gasteiger partial charge in [0.2, 0.25) is 5.91 Å². The van der Waals surface area contributed by atoms with E-state index in [1.54, 1.807) is 13.8 Å². The molecule has 0 aromatic carbocycles. The number of nitrogens with two attached hydrogens (primary N) is 1. The molecule has 0 aliphatic rings. The summed E-state index contributed by atoms with van der Waals surface area (Å²) < 4.78 is 0.777. The zero-order chi connectivity index (χ0) is 11.5. The molecule has 0 aliphatic heterocycles. The van der Waals surface area contributed by atoms with Gasteiger partial charge in [0.1, 0.15) is 4.60 Å². The lowest BCUT2D eigenvalue weighted by atomic mass is 10.1. The topological polar surface area (TPSA) is 68.0 Å². The van der Waals surface area contributed by atoms with Gasteiger partial charge in [-0.25, -0.2) is 4.98 Å². The number of hydrogen-bond acceptors (Lipinski definition) is 3. The van der Waals surface area contributed by atoms with Crippen LogP contribution in [0, 0.1) is 0 Å². The van der Waals surface area contributed by atoms with Crippen molar-refractivity contribution < 1.29 is 4.79 Å². The standard InChI is InChI=1S/C10H14BrN3O/c1-10(2,9(12)15)13-6-7-4-3-5-8(11)14-7/h3-5,13H,6H2,1-2H3,(H2,12,15). The largest absolute Gasteiger partial charge is 0.368 e. The van der Waals surface area contributed by atoms with Crippen LogP contribution in [-0.4, -0.2) is 16.4 Å². The van der Waals surface area contributed by atoms with E-state index >= 15 is 0 Å². The first-order valence-electron chi connectivity index (χ1n) is 4.58. The van der Waals surface area contributed by atoms with E-state index in [1.807, 2.05) is 18.2 Å². The predicted octanol–water partition coefficient (Wildman–Crippen LogP) is 1.20. The molecule has 5 heteroatoms. The van der Waals surface area contributed by atoms with Crippen LogP contribution in [0.15, 0.2) is 22.8 Å². The van der Waals surface area contributed by atoms with E-state index in [-0.39, 0.29) is 5.91 Å². The highest BCUT2D eigenvalue weighted by atomic mass is 79.9. The molecule has 1 aromatic heterocycles. The smallest absolute Gasteiger partial charge is 0.237 e. The summed E-state index contributed by atoms with van der Waals surface area (Å²) in [7, 11) is 0. The lowest BCUT2D eigenvalue weighted by Crippen LogP contribution is -2.50. The lowest BCUT2D eigenvalue weighted by molar-refractivity contribution is -0.123. The zero-order valence-corrected chi connectivity index (χ0v) is 10.3. The first kappa shape index (κ1) is 12.1. The minimum atomic E-state index is -0.718. The van der Waals surface area contributed by atoms with Gasteiger partial charge in [-0.2, -0.15) is 0 Å². The van der Waals surface area contributed by atoms with Gasteiger partial charge >= 0.3 is 0 Å². The second-order valence-corrected chi connectivity index (χ2v) is 4.61. The van der Waals surface area contributed by atoms with Crippen LogP contribution in [-0.2, 0) is 11.3 Å². The molecule has 0 radical (unpaired) electrons. The number of nitrogens with zero attached hydrogens (tertiary/aromatic N) is 1. The average molecular weight is 272 g/mol. The van der Waals surface area contributed by atoms with E-state index in [9.17, 15) is 4.79 Å². The van der Waals surface area contributed by atoms with E-state index < -0.39 is 5.54 Å². The molecular formula is C10H14BrN3O. The van der Waals surface area contributed by atoms with Crippen molar-refractivity contribution >= 4 is 21.8 Å². The van der Waals surface area contributed by atoms with Crippen LogP contribution >= 0.6 is 15.9 Å². The minimum Gasteiger partial charge on any atom is -0.368 e. The van der Waals surface area contributed by atoms with Crippen molar-refractivity contribution in [1.29, 1.82) is 0 Å². The van der Waals surface area contributed by atoms with Gasteiger partial charge in [-0.05, 0) is 41.9 Å². The lowest BCUT2D eigenvalue weighted by Gasteiger charge is -2.21. The highest BCUT2D eigenvalue weighted by Crippen LogP contribution is 2.08. The van der Waals surface area contributed by atoms with E-state index in [4.69, 9.17) is 5.73 Å². The van der Waals surface area contributed by atoms with E-state index in [2.05, 4.69) is 26.2 Å². The Morgan fingerprint density at radius 2 is 2.27 bits per heavy atom. The van der Waals surface area contributed by atoms with Crippen molar-refractivity contribution in [3.63, 3.8) is 0 Å². The Balaban J connectivity index is 2.61. The molecule has 82 valence electrons. The fourth-order valence-corrected chi connectivity index (χ4v) is 1.33. The van der Waals surface area contributed by atoms with Gasteiger partial charge in [0, 0.05) is 6.54 Å². The summed E-state index contributed by atoms with van der Waals surface area (Å²) in [6.45, 7) is 4.00. The monoisotopic (exact) mass is 271 g/mol. The summed E-state index contributed by atoms with van der Waals surface area (Å²) in [5.41, 5.74) is 5.37. The molecule has 0 unspecified atom stereocenters. The first-order chi connectivity index (χ1) is 6.92. The Labute approximate surface area is 97.4 Å². The van der Waals surface area contributed by atoms with Crippen LogP contribution in [0.2, 0.25) is 0 Å². The summed E-state index contributed by atoms with van der Waals surface area (Å²) in [5, 5.41) is 3.04. The number of aromatic nitrogens is 1. The Hall–Kier alpha value is -0.940. The fraction of sp³-hybridized carbons (Fsp3) is 0.400. The van der Waals surface area contributed by atoms with Crippen LogP contribution in [0.4, 0.5) is 0 Å². The molecule has 1 amide bonds. The molecule has 1 rings (SSSR count). The maximum absolute atomic E-state index is 11.0. The van der Waals surface area contributed by atoms with E-state index in [0.717, 1.165) is 10.3 Å². The maximum Gasteiger partial charge on any atom is 0.237 e. The normalized spacial score (nSPS) is 11.4. The van der Waals surface area contributed by atoms with Gasteiger partial charge in [-0.15, -0.1) is 0 Å². The number of halogens is 1. The van der Waals surface area contributed by atoms with Crippen molar-refractivity contribution in [2.45, 2.75) is 25.9 Å². The number of pyridine rings is 1. The summed E-state index contributed by atoms with van der Waals surface area (Å²) in [5.74, 6) is -0.377. The van der Waals surface area contributed by atoms with Gasteiger partial charge < -0.3 is 5.73 Å². The van der Waals surface area contributed by atoms with Crippen LogP contribution in [0.1, 0.15) is 19.5 Å². The average Bonchev–Trinajstić information content (AvgIpc) is 2.15. The molecular weight excluding hydrogens is 258 g/mol. The number of amides is 1. The van der Waals surface area contributed by atoms with Gasteiger partial charge in [0.05, 0.1) is 11.2 Å². The minimum absolute atomic E-state index is 0.377. The van der Waals surface area contributed by atoms with E-state index in [1.165, 1.54) is 0 Å². The molecule has 0 saturated carbocycles. The quantitative estimate of drug-likeness (QED) is 0.809. The second kappa shape index (κ2) is 4.72. The summed E-state index contributed by atoms with van der Waals surface area (Å²) in [6.07, 6.45) is 0. The third kappa shape index (κ3) is 3.60. The molecule has 3 N–H and O–H groups in total. The molecule has 1 heterocycles. The fourth-order valence-electron chi connectivity index (χ4n) is 0.947. The summed E-state index contributed by atoms with van der Waals surface area (Å²) >= 11 is 3.28. The molecule has 0 aliphatic carbocycles. The molecule has 0 fully saturated rings. The molecule has 0 saturated heterocycles. The SMILES string of the molecule is CC(C)(NCc1cccc(Br)n1)C(N)=O. The maximum atomic E-state index is 11.0. The molecule has 4 nitrogen and oxygen atoms in total. The number of rotatable bonds is 4. The number of primary amides is 1. The van der Waals surface area contributed by atoms with Crippen LogP contribution in [0.3, 0.4) is 0 Å². The molecule has 1 aromatic rings. The van der Waals surface area contributed by atoms with Crippen molar-refractivity contribution in [3.05, 3.63) is 28.5 Å². The number of carbonyl (C=O) groups excluding carboxylic acids is 1. The third-order valence-corrected chi connectivity index (χ3v) is 2.54. The van der Waals surface area contributed by atoms with E-state index in [0.29, 0.717) is 6.54 Å². The molecule has 0 spiro atoms. The molecule has 15 heavy (non-hydrogen) atoms. The second-order valence-electron chi connectivity index (χ2n) is 3.79. The van der Waals surface area contributed by atoms with Gasteiger partial charge in [-0.1, -0.05) is 6.07 Å². The molecule has 0 bridgehead atoms. The van der Waals surface area contributed by atoms with Crippen molar-refractivity contribution in [3.8, 4) is 0 Å². The predicted molar refractivity (Wildman–Crippen MR) is 62.1 cm³/mol.